The van der Waals surface area contributed by atoms with Gasteiger partial charge in [0.15, 0.2) is 0 Å². The standard InChI is InChI=1S/C10H13F2NO2.ClH/c11-10(12)15-9-4-2-1-3-7(9)5-8(13)6-14;/h1-4,8,10,14H,5-6,13H2;1H. The predicted molar refractivity (Wildman–Crippen MR) is 59.1 cm³/mol. The number of aliphatic hydroxyl groups is 1. The van der Waals surface area contributed by atoms with Crippen molar-refractivity contribution in [3.63, 3.8) is 0 Å². The van der Waals surface area contributed by atoms with E-state index in [0.717, 1.165) is 0 Å². The number of aliphatic hydroxyl groups excluding tert-OH is 1. The molecule has 16 heavy (non-hydrogen) atoms. The zero-order valence-electron chi connectivity index (χ0n) is 8.48. The SMILES string of the molecule is Cl.NC(CO)Cc1ccccc1OC(F)F. The summed E-state index contributed by atoms with van der Waals surface area (Å²) in [4.78, 5) is 0. The molecule has 1 aromatic rings. The molecule has 0 amide bonds. The Morgan fingerprint density at radius 2 is 1.94 bits per heavy atom. The molecule has 0 radical (unpaired) electrons. The van der Waals surface area contributed by atoms with Crippen LogP contribution < -0.4 is 10.5 Å². The highest BCUT2D eigenvalue weighted by atomic mass is 35.5. The van der Waals surface area contributed by atoms with E-state index in [-0.39, 0.29) is 24.8 Å². The fourth-order valence-electron chi connectivity index (χ4n) is 1.23. The van der Waals surface area contributed by atoms with Crippen LogP contribution in [0.25, 0.3) is 0 Å². The number of hydrogen-bond acceptors (Lipinski definition) is 3. The third-order valence-electron chi connectivity index (χ3n) is 1.91. The third-order valence-corrected chi connectivity index (χ3v) is 1.91. The number of rotatable bonds is 5. The summed E-state index contributed by atoms with van der Waals surface area (Å²) in [7, 11) is 0. The van der Waals surface area contributed by atoms with Gasteiger partial charge < -0.3 is 15.6 Å². The fraction of sp³-hybridized carbons (Fsp3) is 0.400. The molecule has 1 rings (SSSR count). The summed E-state index contributed by atoms with van der Waals surface area (Å²) in [6, 6.07) is 5.94. The Morgan fingerprint density at radius 3 is 2.50 bits per heavy atom. The van der Waals surface area contributed by atoms with Crippen molar-refractivity contribution >= 4 is 12.4 Å². The molecule has 0 spiro atoms. The molecule has 0 saturated carbocycles. The van der Waals surface area contributed by atoms with Crippen molar-refractivity contribution in [1.29, 1.82) is 0 Å². The number of hydrogen-bond donors (Lipinski definition) is 2. The summed E-state index contributed by atoms with van der Waals surface area (Å²) in [6.45, 7) is -3.04. The Labute approximate surface area is 98.6 Å². The number of nitrogens with two attached hydrogens (primary N) is 1. The van der Waals surface area contributed by atoms with Crippen LogP contribution in [-0.4, -0.2) is 24.4 Å². The normalized spacial score (nSPS) is 12.1. The van der Waals surface area contributed by atoms with E-state index in [1.165, 1.54) is 6.07 Å². The largest absolute Gasteiger partial charge is 0.435 e. The maximum Gasteiger partial charge on any atom is 0.387 e. The summed E-state index contributed by atoms with van der Waals surface area (Å²) in [6.07, 6.45) is 0.305. The number of alkyl halides is 2. The highest BCUT2D eigenvalue weighted by molar-refractivity contribution is 5.85. The van der Waals surface area contributed by atoms with Gasteiger partial charge in [-0.3, -0.25) is 0 Å². The zero-order valence-corrected chi connectivity index (χ0v) is 9.29. The summed E-state index contributed by atoms with van der Waals surface area (Å²) in [5.74, 6) is 0.108. The first-order valence-electron chi connectivity index (χ1n) is 4.52. The van der Waals surface area contributed by atoms with Crippen LogP contribution in [0.4, 0.5) is 8.78 Å². The van der Waals surface area contributed by atoms with Crippen LogP contribution in [0.1, 0.15) is 5.56 Å². The predicted octanol–water partition coefficient (Wildman–Crippen LogP) is 1.57. The second-order valence-corrected chi connectivity index (χ2v) is 3.13. The lowest BCUT2D eigenvalue weighted by molar-refractivity contribution is -0.0505. The van der Waals surface area contributed by atoms with Gasteiger partial charge in [0.1, 0.15) is 5.75 Å². The van der Waals surface area contributed by atoms with Crippen molar-refractivity contribution < 1.29 is 18.6 Å². The van der Waals surface area contributed by atoms with Crippen LogP contribution in [-0.2, 0) is 6.42 Å². The van der Waals surface area contributed by atoms with Crippen LogP contribution in [0.15, 0.2) is 24.3 Å². The molecule has 0 aliphatic carbocycles. The van der Waals surface area contributed by atoms with Gasteiger partial charge in [0.2, 0.25) is 0 Å². The number of benzene rings is 1. The Bertz CT molecular complexity index is 313. The van der Waals surface area contributed by atoms with E-state index in [4.69, 9.17) is 10.8 Å². The van der Waals surface area contributed by atoms with Gasteiger partial charge in [-0.15, -0.1) is 12.4 Å². The van der Waals surface area contributed by atoms with Crippen LogP contribution in [0.5, 0.6) is 5.75 Å². The first-order chi connectivity index (χ1) is 7.13. The second kappa shape index (κ2) is 7.38. The van der Waals surface area contributed by atoms with Gasteiger partial charge in [-0.05, 0) is 18.1 Å². The molecule has 6 heteroatoms. The molecule has 1 unspecified atom stereocenters. The minimum atomic E-state index is -2.85. The lowest BCUT2D eigenvalue weighted by atomic mass is 10.1. The van der Waals surface area contributed by atoms with Crippen LogP contribution >= 0.6 is 12.4 Å². The minimum Gasteiger partial charge on any atom is -0.435 e. The quantitative estimate of drug-likeness (QED) is 0.838. The molecule has 92 valence electrons. The molecule has 3 nitrogen and oxygen atoms in total. The average Bonchev–Trinajstić information content (AvgIpc) is 2.20. The van der Waals surface area contributed by atoms with E-state index in [0.29, 0.717) is 12.0 Å². The van der Waals surface area contributed by atoms with Crippen molar-refractivity contribution in [2.75, 3.05) is 6.61 Å². The molecule has 0 fully saturated rings. The molecular formula is C10H14ClF2NO2. The first-order valence-corrected chi connectivity index (χ1v) is 4.52. The lowest BCUT2D eigenvalue weighted by Crippen LogP contribution is -2.27. The molecule has 0 aliphatic rings. The van der Waals surface area contributed by atoms with Crippen molar-refractivity contribution in [1.82, 2.24) is 0 Å². The maximum absolute atomic E-state index is 12.0. The average molecular weight is 254 g/mol. The maximum atomic E-state index is 12.0. The Kier molecular flexibility index (Phi) is 6.96. The fourth-order valence-corrected chi connectivity index (χ4v) is 1.23. The van der Waals surface area contributed by atoms with E-state index in [1.807, 2.05) is 0 Å². The molecule has 1 aromatic carbocycles. The van der Waals surface area contributed by atoms with Gasteiger partial charge in [0, 0.05) is 6.04 Å². The lowest BCUT2D eigenvalue weighted by Gasteiger charge is -2.13. The molecule has 0 aromatic heterocycles. The van der Waals surface area contributed by atoms with Crippen molar-refractivity contribution in [2.45, 2.75) is 19.1 Å². The van der Waals surface area contributed by atoms with Crippen molar-refractivity contribution in [3.05, 3.63) is 29.8 Å². The highest BCUT2D eigenvalue weighted by Gasteiger charge is 2.11. The van der Waals surface area contributed by atoms with Gasteiger partial charge in [-0.1, -0.05) is 18.2 Å². The summed E-state index contributed by atoms with van der Waals surface area (Å²) in [5, 5.41) is 8.75. The van der Waals surface area contributed by atoms with Crippen molar-refractivity contribution in [2.24, 2.45) is 5.73 Å². The molecule has 0 bridgehead atoms. The second-order valence-electron chi connectivity index (χ2n) is 3.13. The summed E-state index contributed by atoms with van der Waals surface area (Å²) < 4.78 is 28.4. The van der Waals surface area contributed by atoms with E-state index < -0.39 is 12.7 Å². The van der Waals surface area contributed by atoms with E-state index in [2.05, 4.69) is 4.74 Å². The monoisotopic (exact) mass is 253 g/mol. The number of ether oxygens (including phenoxy) is 1. The Morgan fingerprint density at radius 1 is 1.31 bits per heavy atom. The van der Waals surface area contributed by atoms with E-state index in [9.17, 15) is 8.78 Å². The smallest absolute Gasteiger partial charge is 0.387 e. The molecular weight excluding hydrogens is 240 g/mol. The summed E-state index contributed by atoms with van der Waals surface area (Å²) >= 11 is 0. The Balaban J connectivity index is 0.00000225. The number of halogens is 3. The third kappa shape index (κ3) is 4.74. The van der Waals surface area contributed by atoms with Gasteiger partial charge in [0.05, 0.1) is 6.61 Å². The molecule has 3 N–H and O–H groups in total. The van der Waals surface area contributed by atoms with Gasteiger partial charge in [-0.2, -0.15) is 8.78 Å². The van der Waals surface area contributed by atoms with Gasteiger partial charge in [-0.25, -0.2) is 0 Å². The molecule has 1 atom stereocenters. The Hall–Kier alpha value is -0.910. The van der Waals surface area contributed by atoms with E-state index >= 15 is 0 Å². The molecule has 0 heterocycles. The topological polar surface area (TPSA) is 55.5 Å². The van der Waals surface area contributed by atoms with Crippen LogP contribution in [0.2, 0.25) is 0 Å². The van der Waals surface area contributed by atoms with Crippen LogP contribution in [0, 0.1) is 0 Å². The van der Waals surface area contributed by atoms with Crippen LogP contribution in [0.3, 0.4) is 0 Å². The minimum absolute atomic E-state index is 0. The zero-order chi connectivity index (χ0) is 11.3. The van der Waals surface area contributed by atoms with Gasteiger partial charge in [0.25, 0.3) is 0 Å². The van der Waals surface area contributed by atoms with Crippen molar-refractivity contribution in [3.8, 4) is 5.75 Å². The van der Waals surface area contributed by atoms with E-state index in [1.54, 1.807) is 18.2 Å². The number of para-hydroxylation sites is 1. The summed E-state index contributed by atoms with van der Waals surface area (Å²) in [5.41, 5.74) is 6.08. The van der Waals surface area contributed by atoms with Gasteiger partial charge >= 0.3 is 6.61 Å². The first kappa shape index (κ1) is 15.1. The highest BCUT2D eigenvalue weighted by Crippen LogP contribution is 2.21. The molecule has 0 saturated heterocycles. The molecule has 0 aliphatic heterocycles.